The molecule has 0 N–H and O–H groups in total. The number of ether oxygens (including phenoxy) is 2. The molecule has 2 aromatic carbocycles. The van der Waals surface area contributed by atoms with Crippen molar-refractivity contribution in [1.82, 2.24) is 0 Å². The Labute approximate surface area is 223 Å². The predicted molar refractivity (Wildman–Crippen MR) is 143 cm³/mol. The molecule has 0 aliphatic heterocycles. The number of benzene rings is 2. The van der Waals surface area contributed by atoms with E-state index in [2.05, 4.69) is 0 Å². The van der Waals surface area contributed by atoms with Crippen molar-refractivity contribution in [3.8, 4) is 44.5 Å². The Morgan fingerprint density at radius 2 is 0.973 bits per heavy atom. The lowest BCUT2D eigenvalue weighted by Crippen LogP contribution is -1.99. The zero-order chi connectivity index (χ0) is 26.0. The first kappa shape index (κ1) is 26.3. The van der Waals surface area contributed by atoms with Gasteiger partial charge in [0.05, 0.1) is 13.2 Å². The molecule has 0 amide bonds. The normalized spacial score (nSPS) is 10.6. The standard InChI is InChI=1S/C29H24F2N2O2S2/c30-24-16-26(36-28(24)18-32)20-6-10-22(11-7-20)34-14-4-2-1-3-5-15-35-23-12-8-21(9-13-23)27-17-25(31)29(19-33)37-27/h6-13,16-17H,1-5,14-15H2. The van der Waals surface area contributed by atoms with Gasteiger partial charge in [-0.25, -0.2) is 8.78 Å². The summed E-state index contributed by atoms with van der Waals surface area (Å²) >= 11 is 2.29. The molecule has 0 saturated carbocycles. The van der Waals surface area contributed by atoms with Crippen LogP contribution in [0.5, 0.6) is 11.5 Å². The Kier molecular flexibility index (Phi) is 9.26. The molecule has 0 unspecified atom stereocenters. The van der Waals surface area contributed by atoms with Gasteiger partial charge in [0.1, 0.15) is 33.4 Å². The van der Waals surface area contributed by atoms with Crippen molar-refractivity contribution in [2.45, 2.75) is 32.1 Å². The molecule has 0 aliphatic carbocycles. The summed E-state index contributed by atoms with van der Waals surface area (Å²) < 4.78 is 38.8. The average Bonchev–Trinajstić information content (AvgIpc) is 3.50. The fraction of sp³-hybridized carbons (Fsp3) is 0.241. The molecule has 2 heterocycles. The summed E-state index contributed by atoms with van der Waals surface area (Å²) in [6, 6.07) is 21.5. The first-order valence-corrected chi connectivity index (χ1v) is 13.6. The maximum Gasteiger partial charge on any atom is 0.152 e. The number of thiophene rings is 2. The van der Waals surface area contributed by atoms with Gasteiger partial charge in [-0.2, -0.15) is 10.5 Å². The molecule has 4 rings (SSSR count). The first-order valence-electron chi connectivity index (χ1n) is 11.9. The minimum atomic E-state index is -0.478. The van der Waals surface area contributed by atoms with E-state index in [9.17, 15) is 8.78 Å². The van der Waals surface area contributed by atoms with Gasteiger partial charge in [-0.05, 0) is 84.6 Å². The minimum absolute atomic E-state index is 0.0980. The molecule has 0 bridgehead atoms. The van der Waals surface area contributed by atoms with E-state index in [0.717, 1.165) is 87.2 Å². The van der Waals surface area contributed by atoms with E-state index < -0.39 is 11.6 Å². The second-order valence-electron chi connectivity index (χ2n) is 8.31. The van der Waals surface area contributed by atoms with Gasteiger partial charge in [0.2, 0.25) is 0 Å². The Morgan fingerprint density at radius 3 is 1.32 bits per heavy atom. The van der Waals surface area contributed by atoms with E-state index in [1.165, 1.54) is 12.1 Å². The van der Waals surface area contributed by atoms with E-state index in [1.807, 2.05) is 60.7 Å². The molecule has 0 atom stereocenters. The van der Waals surface area contributed by atoms with Crippen LogP contribution in [0.4, 0.5) is 8.78 Å². The highest BCUT2D eigenvalue weighted by Gasteiger charge is 2.11. The lowest BCUT2D eigenvalue weighted by Gasteiger charge is -2.08. The van der Waals surface area contributed by atoms with E-state index in [-0.39, 0.29) is 9.75 Å². The molecule has 2 aromatic heterocycles. The molecule has 188 valence electrons. The maximum atomic E-state index is 13.6. The van der Waals surface area contributed by atoms with Gasteiger partial charge in [-0.3, -0.25) is 0 Å². The summed E-state index contributed by atoms with van der Waals surface area (Å²) in [6.45, 7) is 1.27. The van der Waals surface area contributed by atoms with E-state index in [4.69, 9.17) is 20.0 Å². The Hall–Kier alpha value is -3.72. The lowest BCUT2D eigenvalue weighted by atomic mass is 10.1. The number of halogens is 2. The molecule has 8 heteroatoms. The molecule has 0 radical (unpaired) electrons. The van der Waals surface area contributed by atoms with E-state index in [1.54, 1.807) is 0 Å². The quantitative estimate of drug-likeness (QED) is 0.171. The van der Waals surface area contributed by atoms with Crippen molar-refractivity contribution in [2.75, 3.05) is 13.2 Å². The van der Waals surface area contributed by atoms with E-state index in [0.29, 0.717) is 13.2 Å². The molecule has 0 aliphatic rings. The number of rotatable bonds is 12. The molecular formula is C29H24F2N2O2S2. The topological polar surface area (TPSA) is 66.0 Å². The Morgan fingerprint density at radius 1 is 0.595 bits per heavy atom. The minimum Gasteiger partial charge on any atom is -0.494 e. The molecule has 0 spiro atoms. The first-order chi connectivity index (χ1) is 18.1. The van der Waals surface area contributed by atoms with E-state index >= 15 is 0 Å². The molecule has 0 fully saturated rings. The van der Waals surface area contributed by atoms with Crippen LogP contribution in [0.15, 0.2) is 60.7 Å². The Bertz CT molecular complexity index is 1290. The fourth-order valence-electron chi connectivity index (χ4n) is 3.72. The monoisotopic (exact) mass is 534 g/mol. The third-order valence-electron chi connectivity index (χ3n) is 5.68. The van der Waals surface area contributed by atoms with Gasteiger partial charge in [-0.15, -0.1) is 22.7 Å². The van der Waals surface area contributed by atoms with Crippen molar-refractivity contribution >= 4 is 22.7 Å². The predicted octanol–water partition coefficient (Wildman–Crippen LogP) is 8.57. The van der Waals surface area contributed by atoms with Gasteiger partial charge in [-0.1, -0.05) is 19.3 Å². The summed E-state index contributed by atoms with van der Waals surface area (Å²) in [5.41, 5.74) is 1.73. The SMILES string of the molecule is N#Cc1sc(-c2ccc(OCCCCCCCOc3ccc(-c4cc(F)c(C#N)s4)cc3)cc2)cc1F. The smallest absolute Gasteiger partial charge is 0.152 e. The van der Waals surface area contributed by atoms with Crippen LogP contribution < -0.4 is 9.47 Å². The highest BCUT2D eigenvalue weighted by molar-refractivity contribution is 7.16. The van der Waals surface area contributed by atoms with Crippen molar-refractivity contribution in [3.63, 3.8) is 0 Å². The second kappa shape index (κ2) is 13.0. The number of hydrogen-bond acceptors (Lipinski definition) is 6. The van der Waals surface area contributed by atoms with Crippen molar-refractivity contribution in [1.29, 1.82) is 10.5 Å². The zero-order valence-electron chi connectivity index (χ0n) is 20.0. The van der Waals surface area contributed by atoms with Crippen molar-refractivity contribution in [2.24, 2.45) is 0 Å². The van der Waals surface area contributed by atoms with Crippen LogP contribution in [0.2, 0.25) is 0 Å². The second-order valence-corrected chi connectivity index (χ2v) is 10.4. The van der Waals surface area contributed by atoms with Crippen LogP contribution in [0.25, 0.3) is 20.9 Å². The summed E-state index contributed by atoms with van der Waals surface area (Å²) in [6.07, 6.45) is 5.16. The van der Waals surface area contributed by atoms with Crippen molar-refractivity contribution < 1.29 is 18.3 Å². The lowest BCUT2D eigenvalue weighted by molar-refractivity contribution is 0.293. The van der Waals surface area contributed by atoms with Gasteiger partial charge < -0.3 is 9.47 Å². The third-order valence-corrected chi connectivity index (χ3v) is 7.81. The zero-order valence-corrected chi connectivity index (χ0v) is 21.6. The molecule has 4 nitrogen and oxygen atoms in total. The number of unbranched alkanes of at least 4 members (excludes halogenated alkanes) is 4. The van der Waals surface area contributed by atoms with Gasteiger partial charge in [0, 0.05) is 9.75 Å². The van der Waals surface area contributed by atoms with Crippen LogP contribution >= 0.6 is 22.7 Å². The average molecular weight is 535 g/mol. The highest BCUT2D eigenvalue weighted by Crippen LogP contribution is 2.32. The van der Waals surface area contributed by atoms with Gasteiger partial charge in [0.25, 0.3) is 0 Å². The molecular weight excluding hydrogens is 510 g/mol. The fourth-order valence-corrected chi connectivity index (χ4v) is 5.40. The maximum absolute atomic E-state index is 13.6. The van der Waals surface area contributed by atoms with Crippen molar-refractivity contribution in [3.05, 3.63) is 82.1 Å². The largest absolute Gasteiger partial charge is 0.494 e. The van der Waals surface area contributed by atoms with Crippen LogP contribution in [0.1, 0.15) is 41.9 Å². The third kappa shape index (κ3) is 7.16. The van der Waals surface area contributed by atoms with Crippen LogP contribution in [0, 0.1) is 34.3 Å². The van der Waals surface area contributed by atoms with Gasteiger partial charge >= 0.3 is 0 Å². The molecule has 4 aromatic rings. The molecule has 0 saturated heterocycles. The summed E-state index contributed by atoms with van der Waals surface area (Å²) in [7, 11) is 0. The number of nitriles is 2. The number of nitrogens with zero attached hydrogens (tertiary/aromatic N) is 2. The summed E-state index contributed by atoms with van der Waals surface area (Å²) in [5.74, 6) is 0.590. The summed E-state index contributed by atoms with van der Waals surface area (Å²) in [4.78, 5) is 1.65. The Balaban J connectivity index is 1.07. The van der Waals surface area contributed by atoms with Crippen LogP contribution in [-0.2, 0) is 0 Å². The molecule has 37 heavy (non-hydrogen) atoms. The summed E-state index contributed by atoms with van der Waals surface area (Å²) in [5, 5.41) is 17.8. The van der Waals surface area contributed by atoms with Gasteiger partial charge in [0.15, 0.2) is 11.6 Å². The highest BCUT2D eigenvalue weighted by atomic mass is 32.1. The van der Waals surface area contributed by atoms with Crippen LogP contribution in [-0.4, -0.2) is 13.2 Å². The van der Waals surface area contributed by atoms with Crippen LogP contribution in [0.3, 0.4) is 0 Å². The number of hydrogen-bond donors (Lipinski definition) is 0.